The van der Waals surface area contributed by atoms with Gasteiger partial charge in [0.25, 0.3) is 0 Å². The Hall–Kier alpha value is -2.18. The average molecular weight is 306 g/mol. The van der Waals surface area contributed by atoms with E-state index in [0.29, 0.717) is 22.8 Å². The number of carbonyl (C=O) groups excluding carboxylic acids is 2. The van der Waals surface area contributed by atoms with Gasteiger partial charge in [0.05, 0.1) is 12.2 Å². The molecule has 21 heavy (non-hydrogen) atoms. The van der Waals surface area contributed by atoms with Gasteiger partial charge in [0, 0.05) is 7.11 Å². The molecule has 1 heterocycles. The topological polar surface area (TPSA) is 61.8 Å². The molecule has 1 aromatic carbocycles. The highest BCUT2D eigenvalue weighted by molar-refractivity contribution is 7.12. The van der Waals surface area contributed by atoms with E-state index in [0.717, 1.165) is 0 Å². The van der Waals surface area contributed by atoms with E-state index in [9.17, 15) is 9.59 Å². The summed E-state index contributed by atoms with van der Waals surface area (Å²) < 4.78 is 15.0. The number of hydrogen-bond acceptors (Lipinski definition) is 6. The summed E-state index contributed by atoms with van der Waals surface area (Å²) in [7, 11) is 1.53. The molecule has 6 heteroatoms. The van der Waals surface area contributed by atoms with Crippen molar-refractivity contribution in [3.63, 3.8) is 0 Å². The fraction of sp³-hybridized carbons (Fsp3) is 0.200. The summed E-state index contributed by atoms with van der Waals surface area (Å²) in [6.07, 6.45) is 0. The second kappa shape index (κ2) is 7.56. The van der Waals surface area contributed by atoms with Gasteiger partial charge in [-0.3, -0.25) is 0 Å². The van der Waals surface area contributed by atoms with Gasteiger partial charge in [0.15, 0.2) is 0 Å². The first-order valence-electron chi connectivity index (χ1n) is 6.22. The summed E-state index contributed by atoms with van der Waals surface area (Å²) in [5.74, 6) is -0.481. The monoisotopic (exact) mass is 306 g/mol. The van der Waals surface area contributed by atoms with Crippen LogP contribution < -0.4 is 4.74 Å². The Morgan fingerprint density at radius 3 is 2.43 bits per heavy atom. The van der Waals surface area contributed by atoms with Gasteiger partial charge in [-0.1, -0.05) is 6.07 Å². The van der Waals surface area contributed by atoms with Crippen molar-refractivity contribution >= 4 is 23.3 Å². The maximum absolute atomic E-state index is 11.8. The summed E-state index contributed by atoms with van der Waals surface area (Å²) in [5, 5.41) is 1.80. The molecule has 0 aliphatic rings. The van der Waals surface area contributed by atoms with Gasteiger partial charge in [-0.2, -0.15) is 0 Å². The summed E-state index contributed by atoms with van der Waals surface area (Å²) >= 11 is 1.31. The molecule has 0 fully saturated rings. The lowest BCUT2D eigenvalue weighted by atomic mass is 10.2. The lowest BCUT2D eigenvalue weighted by Crippen LogP contribution is -2.10. The van der Waals surface area contributed by atoms with Crippen LogP contribution in [0.15, 0.2) is 41.8 Å². The van der Waals surface area contributed by atoms with Crippen LogP contribution in [0.2, 0.25) is 0 Å². The van der Waals surface area contributed by atoms with E-state index in [1.165, 1.54) is 18.4 Å². The van der Waals surface area contributed by atoms with Gasteiger partial charge in [0.1, 0.15) is 17.2 Å². The van der Waals surface area contributed by atoms with Crippen molar-refractivity contribution in [2.45, 2.75) is 0 Å². The van der Waals surface area contributed by atoms with Crippen LogP contribution in [0.3, 0.4) is 0 Å². The highest BCUT2D eigenvalue weighted by Gasteiger charge is 2.11. The molecule has 0 unspecified atom stereocenters. The van der Waals surface area contributed by atoms with Crippen molar-refractivity contribution in [2.24, 2.45) is 0 Å². The maximum atomic E-state index is 11.8. The van der Waals surface area contributed by atoms with Gasteiger partial charge in [0.2, 0.25) is 0 Å². The maximum Gasteiger partial charge on any atom is 0.353 e. The quantitative estimate of drug-likeness (QED) is 0.466. The van der Waals surface area contributed by atoms with E-state index in [4.69, 9.17) is 14.2 Å². The Morgan fingerprint density at radius 1 is 1.05 bits per heavy atom. The van der Waals surface area contributed by atoms with E-state index < -0.39 is 11.9 Å². The molecule has 0 aliphatic heterocycles. The zero-order valence-electron chi connectivity index (χ0n) is 11.4. The molecule has 2 aromatic rings. The van der Waals surface area contributed by atoms with E-state index >= 15 is 0 Å². The number of hydrogen-bond donors (Lipinski definition) is 0. The lowest BCUT2D eigenvalue weighted by molar-refractivity contribution is 0.0388. The van der Waals surface area contributed by atoms with Crippen molar-refractivity contribution in [1.29, 1.82) is 0 Å². The third kappa shape index (κ3) is 4.40. The molecule has 0 amide bonds. The number of esters is 2. The molecule has 0 radical (unpaired) electrons. The Morgan fingerprint density at radius 2 is 1.81 bits per heavy atom. The predicted molar refractivity (Wildman–Crippen MR) is 77.9 cm³/mol. The van der Waals surface area contributed by atoms with Gasteiger partial charge >= 0.3 is 11.9 Å². The van der Waals surface area contributed by atoms with Gasteiger partial charge < -0.3 is 14.2 Å². The van der Waals surface area contributed by atoms with E-state index in [1.54, 1.807) is 41.8 Å². The number of benzene rings is 1. The van der Waals surface area contributed by atoms with Gasteiger partial charge in [-0.05, 0) is 35.7 Å². The van der Waals surface area contributed by atoms with Crippen LogP contribution in [0.1, 0.15) is 20.0 Å². The lowest BCUT2D eigenvalue weighted by Gasteiger charge is -2.05. The largest absolute Gasteiger partial charge is 0.460 e. The number of methoxy groups -OCH3 is 1. The van der Waals surface area contributed by atoms with Crippen molar-refractivity contribution in [1.82, 2.24) is 0 Å². The molecule has 0 aliphatic carbocycles. The van der Waals surface area contributed by atoms with Crippen LogP contribution in [-0.2, 0) is 9.47 Å². The number of thiophene rings is 1. The van der Waals surface area contributed by atoms with Gasteiger partial charge in [-0.25, -0.2) is 9.59 Å². The van der Waals surface area contributed by atoms with Crippen LogP contribution in [-0.4, -0.2) is 32.3 Å². The standard InChI is InChI=1S/C15H14O5S/c1-18-8-9-19-14(16)11-4-6-12(7-5-11)20-15(17)13-3-2-10-21-13/h2-7,10H,8-9H2,1H3. The Labute approximate surface area is 126 Å². The van der Waals surface area contributed by atoms with Crippen LogP contribution >= 0.6 is 11.3 Å². The average Bonchev–Trinajstić information content (AvgIpc) is 3.02. The highest BCUT2D eigenvalue weighted by Crippen LogP contribution is 2.17. The number of ether oxygens (including phenoxy) is 3. The molecule has 110 valence electrons. The predicted octanol–water partition coefficient (Wildman–Crippen LogP) is 2.77. The van der Waals surface area contributed by atoms with Crippen molar-refractivity contribution in [3.05, 3.63) is 52.2 Å². The molecule has 0 saturated carbocycles. The molecule has 0 spiro atoms. The van der Waals surface area contributed by atoms with Crippen LogP contribution in [0.4, 0.5) is 0 Å². The van der Waals surface area contributed by atoms with E-state index in [-0.39, 0.29) is 6.61 Å². The number of carbonyl (C=O) groups is 2. The second-order valence-electron chi connectivity index (χ2n) is 4.02. The Balaban J connectivity index is 1.92. The molecule has 2 rings (SSSR count). The van der Waals surface area contributed by atoms with Gasteiger partial charge in [-0.15, -0.1) is 11.3 Å². The number of rotatable bonds is 6. The third-order valence-corrected chi connectivity index (χ3v) is 3.39. The van der Waals surface area contributed by atoms with Crippen LogP contribution in [0.5, 0.6) is 5.75 Å². The molecule has 1 aromatic heterocycles. The minimum Gasteiger partial charge on any atom is -0.460 e. The first kappa shape index (κ1) is 15.2. The minimum atomic E-state index is -0.441. The Kier molecular flexibility index (Phi) is 5.48. The zero-order valence-corrected chi connectivity index (χ0v) is 12.2. The molecule has 0 atom stereocenters. The molecular formula is C15H14O5S. The zero-order chi connectivity index (χ0) is 15.1. The third-order valence-electron chi connectivity index (χ3n) is 2.54. The van der Waals surface area contributed by atoms with Crippen LogP contribution in [0.25, 0.3) is 0 Å². The second-order valence-corrected chi connectivity index (χ2v) is 4.97. The van der Waals surface area contributed by atoms with E-state index in [1.807, 2.05) is 0 Å². The van der Waals surface area contributed by atoms with Crippen LogP contribution in [0, 0.1) is 0 Å². The molecule has 0 saturated heterocycles. The fourth-order valence-electron chi connectivity index (χ4n) is 1.51. The summed E-state index contributed by atoms with van der Waals surface area (Å²) in [6.45, 7) is 0.548. The minimum absolute atomic E-state index is 0.199. The fourth-order valence-corrected chi connectivity index (χ4v) is 2.11. The molecule has 0 bridgehead atoms. The Bertz CT molecular complexity index is 589. The van der Waals surface area contributed by atoms with E-state index in [2.05, 4.69) is 0 Å². The molecule has 0 N–H and O–H groups in total. The first-order valence-corrected chi connectivity index (χ1v) is 7.10. The molecule has 5 nitrogen and oxygen atoms in total. The van der Waals surface area contributed by atoms with Crippen molar-refractivity contribution in [2.75, 3.05) is 20.3 Å². The van der Waals surface area contributed by atoms with Crippen molar-refractivity contribution < 1.29 is 23.8 Å². The summed E-state index contributed by atoms with van der Waals surface area (Å²) in [4.78, 5) is 23.9. The summed E-state index contributed by atoms with van der Waals surface area (Å²) in [5.41, 5.74) is 0.391. The SMILES string of the molecule is COCCOC(=O)c1ccc(OC(=O)c2cccs2)cc1. The smallest absolute Gasteiger partial charge is 0.353 e. The van der Waals surface area contributed by atoms with Crippen molar-refractivity contribution in [3.8, 4) is 5.75 Å². The highest BCUT2D eigenvalue weighted by atomic mass is 32.1. The summed E-state index contributed by atoms with van der Waals surface area (Å²) in [6, 6.07) is 9.67. The normalized spacial score (nSPS) is 10.1. The molecular weight excluding hydrogens is 292 g/mol. The first-order chi connectivity index (χ1) is 10.2.